The summed E-state index contributed by atoms with van der Waals surface area (Å²) in [5.74, 6) is -1.69. The SMILES string of the molecule is CCOC(=O)c1cccc(NC(=O)C(N)CC(N)=O)c1.Cl. The fourth-order valence-corrected chi connectivity index (χ4v) is 1.48. The molecule has 0 saturated carbocycles. The van der Waals surface area contributed by atoms with Crippen LogP contribution < -0.4 is 16.8 Å². The van der Waals surface area contributed by atoms with Gasteiger partial charge < -0.3 is 21.5 Å². The van der Waals surface area contributed by atoms with E-state index in [1.54, 1.807) is 25.1 Å². The number of carbonyl (C=O) groups is 3. The first kappa shape index (κ1) is 18.9. The monoisotopic (exact) mass is 315 g/mol. The number of esters is 1. The Labute approximate surface area is 128 Å². The molecule has 0 aliphatic rings. The first-order valence-electron chi connectivity index (χ1n) is 6.06. The molecular formula is C13H18ClN3O4. The Morgan fingerprint density at radius 2 is 2.00 bits per heavy atom. The van der Waals surface area contributed by atoms with Crippen LogP contribution in [-0.4, -0.2) is 30.4 Å². The van der Waals surface area contributed by atoms with Crippen molar-refractivity contribution in [2.75, 3.05) is 11.9 Å². The number of ether oxygens (including phenoxy) is 1. The summed E-state index contributed by atoms with van der Waals surface area (Å²) in [6.07, 6.45) is -0.247. The number of hydrogen-bond acceptors (Lipinski definition) is 5. The highest BCUT2D eigenvalue weighted by molar-refractivity contribution is 5.98. The van der Waals surface area contributed by atoms with Crippen LogP contribution in [0, 0.1) is 0 Å². The molecule has 0 aliphatic heterocycles. The molecule has 0 bridgehead atoms. The number of rotatable bonds is 6. The van der Waals surface area contributed by atoms with Gasteiger partial charge in [-0.3, -0.25) is 9.59 Å². The topological polar surface area (TPSA) is 125 Å². The molecule has 2 amide bonds. The van der Waals surface area contributed by atoms with Crippen LogP contribution in [0.4, 0.5) is 5.69 Å². The van der Waals surface area contributed by atoms with Crippen molar-refractivity contribution in [3.8, 4) is 0 Å². The third kappa shape index (κ3) is 6.24. The molecule has 8 heteroatoms. The average molecular weight is 316 g/mol. The summed E-state index contributed by atoms with van der Waals surface area (Å²) < 4.78 is 4.85. The fraction of sp³-hybridized carbons (Fsp3) is 0.308. The van der Waals surface area contributed by atoms with Gasteiger partial charge in [0, 0.05) is 5.69 Å². The van der Waals surface area contributed by atoms with E-state index in [1.807, 2.05) is 0 Å². The Hall–Kier alpha value is -2.12. The van der Waals surface area contributed by atoms with Crippen LogP contribution in [0.15, 0.2) is 24.3 Å². The summed E-state index contributed by atoms with van der Waals surface area (Å²) in [4.78, 5) is 33.9. The minimum absolute atomic E-state index is 0. The van der Waals surface area contributed by atoms with Crippen LogP contribution in [0.3, 0.4) is 0 Å². The van der Waals surface area contributed by atoms with E-state index in [2.05, 4.69) is 5.32 Å². The second-order valence-electron chi connectivity index (χ2n) is 4.07. The van der Waals surface area contributed by atoms with Gasteiger partial charge in [0.2, 0.25) is 11.8 Å². The van der Waals surface area contributed by atoms with Gasteiger partial charge in [0.1, 0.15) is 0 Å². The zero-order chi connectivity index (χ0) is 15.1. The lowest BCUT2D eigenvalue weighted by Crippen LogP contribution is -2.39. The smallest absolute Gasteiger partial charge is 0.338 e. The number of nitrogens with one attached hydrogen (secondary N) is 1. The Bertz CT molecular complexity index is 522. The second-order valence-corrected chi connectivity index (χ2v) is 4.07. The van der Waals surface area contributed by atoms with E-state index in [1.165, 1.54) is 6.07 Å². The lowest BCUT2D eigenvalue weighted by molar-refractivity contribution is -0.123. The van der Waals surface area contributed by atoms with Crippen LogP contribution in [-0.2, 0) is 14.3 Å². The molecular weight excluding hydrogens is 298 g/mol. The molecule has 5 N–H and O–H groups in total. The van der Waals surface area contributed by atoms with Crippen molar-refractivity contribution in [1.29, 1.82) is 0 Å². The predicted octanol–water partition coefficient (Wildman–Crippen LogP) is 0.426. The fourth-order valence-electron chi connectivity index (χ4n) is 1.48. The maximum Gasteiger partial charge on any atom is 0.338 e. The standard InChI is InChI=1S/C13H17N3O4.ClH/c1-2-20-13(19)8-4-3-5-9(6-8)16-12(18)10(14)7-11(15)17;/h3-6,10H,2,7,14H2,1H3,(H2,15,17)(H,16,18);1H. The third-order valence-electron chi connectivity index (χ3n) is 2.40. The number of anilines is 1. The number of primary amides is 1. The van der Waals surface area contributed by atoms with Crippen molar-refractivity contribution >= 4 is 35.9 Å². The summed E-state index contributed by atoms with van der Waals surface area (Å²) in [7, 11) is 0. The summed E-state index contributed by atoms with van der Waals surface area (Å²) in [6, 6.07) is 5.20. The number of amides is 2. The summed E-state index contributed by atoms with van der Waals surface area (Å²) in [5.41, 5.74) is 11.2. The van der Waals surface area contributed by atoms with Gasteiger partial charge in [0.15, 0.2) is 0 Å². The van der Waals surface area contributed by atoms with E-state index >= 15 is 0 Å². The summed E-state index contributed by atoms with van der Waals surface area (Å²) in [5, 5.41) is 2.50. The van der Waals surface area contributed by atoms with Crippen LogP contribution >= 0.6 is 12.4 Å². The van der Waals surface area contributed by atoms with Gasteiger partial charge in [0.05, 0.1) is 24.6 Å². The number of hydrogen-bond donors (Lipinski definition) is 3. The molecule has 1 atom stereocenters. The molecule has 1 aromatic rings. The van der Waals surface area contributed by atoms with Crippen molar-refractivity contribution in [3.63, 3.8) is 0 Å². The Balaban J connectivity index is 0.00000400. The van der Waals surface area contributed by atoms with Crippen molar-refractivity contribution in [2.45, 2.75) is 19.4 Å². The molecule has 7 nitrogen and oxygen atoms in total. The van der Waals surface area contributed by atoms with E-state index in [9.17, 15) is 14.4 Å². The van der Waals surface area contributed by atoms with Crippen LogP contribution in [0.1, 0.15) is 23.7 Å². The third-order valence-corrected chi connectivity index (χ3v) is 2.40. The largest absolute Gasteiger partial charge is 0.462 e. The molecule has 116 valence electrons. The Morgan fingerprint density at radius 3 is 2.57 bits per heavy atom. The van der Waals surface area contributed by atoms with Gasteiger partial charge in [0.25, 0.3) is 0 Å². The van der Waals surface area contributed by atoms with Crippen molar-refractivity contribution < 1.29 is 19.1 Å². The maximum atomic E-state index is 11.7. The predicted molar refractivity (Wildman–Crippen MR) is 80.1 cm³/mol. The average Bonchev–Trinajstić information content (AvgIpc) is 2.38. The molecule has 0 fully saturated rings. The second kappa shape index (κ2) is 8.93. The number of carbonyl (C=O) groups excluding carboxylic acids is 3. The highest BCUT2D eigenvalue weighted by Crippen LogP contribution is 2.12. The van der Waals surface area contributed by atoms with Crippen molar-refractivity contribution in [1.82, 2.24) is 0 Å². The number of halogens is 1. The summed E-state index contributed by atoms with van der Waals surface area (Å²) >= 11 is 0. The Morgan fingerprint density at radius 1 is 1.33 bits per heavy atom. The Kier molecular flexibility index (Phi) is 8.03. The lowest BCUT2D eigenvalue weighted by atomic mass is 10.1. The zero-order valence-corrected chi connectivity index (χ0v) is 12.3. The molecule has 1 rings (SSSR count). The zero-order valence-electron chi connectivity index (χ0n) is 11.5. The van der Waals surface area contributed by atoms with Crippen molar-refractivity contribution in [3.05, 3.63) is 29.8 Å². The molecule has 0 radical (unpaired) electrons. The van der Waals surface area contributed by atoms with Crippen molar-refractivity contribution in [2.24, 2.45) is 11.5 Å². The normalized spacial score (nSPS) is 11.0. The minimum Gasteiger partial charge on any atom is -0.462 e. The summed E-state index contributed by atoms with van der Waals surface area (Å²) in [6.45, 7) is 1.96. The molecule has 0 aromatic heterocycles. The molecule has 21 heavy (non-hydrogen) atoms. The van der Waals surface area contributed by atoms with E-state index in [0.29, 0.717) is 11.3 Å². The van der Waals surface area contributed by atoms with Crippen LogP contribution in [0.5, 0.6) is 0 Å². The van der Waals surface area contributed by atoms with E-state index in [-0.39, 0.29) is 25.4 Å². The molecule has 0 spiro atoms. The molecule has 1 unspecified atom stereocenters. The van der Waals surface area contributed by atoms with Crippen LogP contribution in [0.25, 0.3) is 0 Å². The lowest BCUT2D eigenvalue weighted by Gasteiger charge is -2.11. The first-order valence-corrected chi connectivity index (χ1v) is 6.06. The number of benzene rings is 1. The highest BCUT2D eigenvalue weighted by atomic mass is 35.5. The number of nitrogens with two attached hydrogens (primary N) is 2. The van der Waals surface area contributed by atoms with Crippen LogP contribution in [0.2, 0.25) is 0 Å². The molecule has 0 aliphatic carbocycles. The quantitative estimate of drug-likeness (QED) is 0.656. The van der Waals surface area contributed by atoms with Gasteiger partial charge in [-0.1, -0.05) is 6.07 Å². The molecule has 1 aromatic carbocycles. The van der Waals surface area contributed by atoms with Gasteiger partial charge in [-0.2, -0.15) is 0 Å². The maximum absolute atomic E-state index is 11.7. The molecule has 0 heterocycles. The molecule has 0 saturated heterocycles. The highest BCUT2D eigenvalue weighted by Gasteiger charge is 2.16. The van der Waals surface area contributed by atoms with Gasteiger partial charge in [-0.05, 0) is 25.1 Å². The van der Waals surface area contributed by atoms with Gasteiger partial charge in [-0.25, -0.2) is 4.79 Å². The van der Waals surface area contributed by atoms with E-state index < -0.39 is 23.8 Å². The van der Waals surface area contributed by atoms with E-state index in [0.717, 1.165) is 0 Å². The van der Waals surface area contributed by atoms with Gasteiger partial charge >= 0.3 is 5.97 Å². The minimum atomic E-state index is -1.03. The van der Waals surface area contributed by atoms with E-state index in [4.69, 9.17) is 16.2 Å². The van der Waals surface area contributed by atoms with Gasteiger partial charge in [-0.15, -0.1) is 12.4 Å². The first-order chi connectivity index (χ1) is 9.43.